The van der Waals surface area contributed by atoms with Crippen LogP contribution in [0.2, 0.25) is 0 Å². The van der Waals surface area contributed by atoms with Crippen LogP contribution in [-0.2, 0) is 15.8 Å². The van der Waals surface area contributed by atoms with E-state index >= 15 is 0 Å². The fraction of sp³-hybridized carbons (Fsp3) is 0.188. The summed E-state index contributed by atoms with van der Waals surface area (Å²) in [4.78, 5) is 41.1. The van der Waals surface area contributed by atoms with Gasteiger partial charge in [-0.2, -0.15) is 31.4 Å². The van der Waals surface area contributed by atoms with Gasteiger partial charge in [0.05, 0.1) is 17.4 Å². The fourth-order valence-corrected chi connectivity index (χ4v) is 5.24. The number of likely N-dealkylation sites (N-methyl/N-ethyl adjacent to an activating group) is 1. The van der Waals surface area contributed by atoms with Crippen LogP contribution >= 0.6 is 0 Å². The zero-order chi connectivity index (χ0) is 33.2. The topological polar surface area (TPSA) is 96.3 Å². The Kier molecular flexibility index (Phi) is 8.72. The van der Waals surface area contributed by atoms with Gasteiger partial charge in [-0.15, -0.1) is 0 Å². The molecule has 5 rings (SSSR count). The molecule has 2 atom stereocenters. The number of carbonyl (C=O) groups excluding carboxylic acids is 3. The van der Waals surface area contributed by atoms with Crippen molar-refractivity contribution < 1.29 is 40.7 Å². The molecule has 1 aliphatic rings. The first-order valence-electron chi connectivity index (χ1n) is 13.9. The smallest absolute Gasteiger partial charge is 0.339 e. The van der Waals surface area contributed by atoms with Gasteiger partial charge in [0.25, 0.3) is 11.8 Å². The lowest BCUT2D eigenvalue weighted by Gasteiger charge is -2.38. The molecule has 0 spiro atoms. The summed E-state index contributed by atoms with van der Waals surface area (Å²) in [6, 6.07) is 17.3. The van der Waals surface area contributed by atoms with Crippen LogP contribution in [-0.4, -0.2) is 46.3 Å². The Hall–Kier alpha value is -5.40. The summed E-state index contributed by atoms with van der Waals surface area (Å²) in [5, 5.41) is 9.46. The molecule has 0 aliphatic carbocycles. The molecule has 0 saturated heterocycles. The zero-order valence-electron chi connectivity index (χ0n) is 23.9. The van der Waals surface area contributed by atoms with E-state index < -0.39 is 47.6 Å². The van der Waals surface area contributed by atoms with E-state index in [4.69, 9.17) is 0 Å². The molecule has 0 unspecified atom stereocenters. The second kappa shape index (κ2) is 12.5. The quantitative estimate of drug-likeness (QED) is 0.184. The molecule has 14 heteroatoms. The number of carbonyl (C=O) groups is 3. The number of rotatable bonds is 7. The number of nitrogens with zero attached hydrogens (tertiary/aromatic N) is 3. The van der Waals surface area contributed by atoms with Crippen molar-refractivity contribution in [3.8, 4) is 5.69 Å². The summed E-state index contributed by atoms with van der Waals surface area (Å²) in [5.74, 6) is -3.17. The first kappa shape index (κ1) is 32.0. The number of fused-ring (bicyclic) bond motifs is 1. The van der Waals surface area contributed by atoms with Crippen molar-refractivity contribution in [2.45, 2.75) is 31.2 Å². The number of para-hydroxylation sites is 1. The second-order valence-electron chi connectivity index (χ2n) is 10.3. The van der Waals surface area contributed by atoms with E-state index in [9.17, 15) is 40.7 Å². The number of nitrogens with one attached hydrogen (secondary N) is 2. The number of aromatic nitrogens is 2. The molecule has 1 aliphatic heterocycles. The molecule has 3 amide bonds. The summed E-state index contributed by atoms with van der Waals surface area (Å²) in [5.41, 5.74) is 0.186. The average molecular weight is 642 g/mol. The van der Waals surface area contributed by atoms with Gasteiger partial charge in [0.1, 0.15) is 11.9 Å². The third kappa shape index (κ3) is 6.80. The van der Waals surface area contributed by atoms with Crippen molar-refractivity contribution in [2.75, 3.05) is 16.8 Å². The van der Waals surface area contributed by atoms with Crippen LogP contribution in [0, 0.1) is 0 Å². The molecule has 2 N–H and O–H groups in total. The van der Waals surface area contributed by atoms with Crippen molar-refractivity contribution in [3.05, 3.63) is 119 Å². The predicted octanol–water partition coefficient (Wildman–Crippen LogP) is 6.25. The van der Waals surface area contributed by atoms with E-state index in [0.717, 1.165) is 12.1 Å². The maximum Gasteiger partial charge on any atom is 0.416 e. The van der Waals surface area contributed by atoms with Crippen LogP contribution < -0.4 is 15.5 Å². The van der Waals surface area contributed by atoms with Gasteiger partial charge < -0.3 is 10.6 Å². The highest BCUT2D eigenvalue weighted by Gasteiger charge is 2.44. The van der Waals surface area contributed by atoms with Gasteiger partial charge in [0, 0.05) is 41.4 Å². The Morgan fingerprint density at radius 3 is 2.33 bits per heavy atom. The zero-order valence-corrected chi connectivity index (χ0v) is 23.9. The summed E-state index contributed by atoms with van der Waals surface area (Å²) < 4.78 is 79.4. The largest absolute Gasteiger partial charge is 0.416 e. The first-order chi connectivity index (χ1) is 21.8. The van der Waals surface area contributed by atoms with Crippen molar-refractivity contribution in [3.63, 3.8) is 0 Å². The van der Waals surface area contributed by atoms with E-state index in [0.29, 0.717) is 34.8 Å². The van der Waals surface area contributed by atoms with Gasteiger partial charge in [0.2, 0.25) is 5.91 Å². The number of amides is 3. The molecular weight excluding hydrogens is 616 g/mol. The highest BCUT2D eigenvalue weighted by molar-refractivity contribution is 6.05. The van der Waals surface area contributed by atoms with Gasteiger partial charge >= 0.3 is 12.4 Å². The maximum absolute atomic E-state index is 14.1. The van der Waals surface area contributed by atoms with Crippen molar-refractivity contribution in [2.24, 2.45) is 0 Å². The Balaban J connectivity index is 1.59. The lowest BCUT2D eigenvalue weighted by atomic mass is 9.82. The van der Waals surface area contributed by atoms with E-state index in [1.807, 2.05) is 0 Å². The molecule has 0 fully saturated rings. The number of alkyl halides is 6. The summed E-state index contributed by atoms with van der Waals surface area (Å²) in [7, 11) is 0. The van der Waals surface area contributed by atoms with Crippen LogP contribution in [0.5, 0.6) is 0 Å². The molecule has 46 heavy (non-hydrogen) atoms. The van der Waals surface area contributed by atoms with Crippen LogP contribution in [0.15, 0.2) is 97.2 Å². The summed E-state index contributed by atoms with van der Waals surface area (Å²) in [6.07, 6.45) is -7.79. The van der Waals surface area contributed by atoms with Crippen LogP contribution in [0.25, 0.3) is 5.69 Å². The van der Waals surface area contributed by atoms with Gasteiger partial charge in [-0.1, -0.05) is 36.4 Å². The number of halogens is 6. The first-order valence-corrected chi connectivity index (χ1v) is 13.9. The monoisotopic (exact) mass is 641 g/mol. The standard InChI is InChI=1S/C32H25F6N5O3/c1-2-42-29-24(18-39-43(29)23-12-4-3-5-13-23)26(19-8-7-11-22(17-19)40-25(44)14-15-31(33,34)35)27(30(42)46)41-28(45)20-9-6-10-21(16-20)32(36,37)38/h3-18,26-27H,2H2,1H3,(H,40,44)(H,41,45)/b15-14+/t26-,27+/m0/s1. The lowest BCUT2D eigenvalue weighted by molar-refractivity contribution is -0.137. The van der Waals surface area contributed by atoms with E-state index in [-0.39, 0.29) is 23.9 Å². The van der Waals surface area contributed by atoms with Gasteiger partial charge in [-0.25, -0.2) is 4.68 Å². The van der Waals surface area contributed by atoms with Gasteiger partial charge in [0.15, 0.2) is 0 Å². The van der Waals surface area contributed by atoms with E-state index in [1.54, 1.807) is 48.0 Å². The minimum atomic E-state index is -4.71. The Morgan fingerprint density at radius 2 is 1.65 bits per heavy atom. The normalized spacial score (nSPS) is 16.8. The third-order valence-electron chi connectivity index (χ3n) is 7.22. The molecule has 0 saturated carbocycles. The molecule has 0 radical (unpaired) electrons. The Bertz CT molecular complexity index is 1800. The SMILES string of the molecule is CCN1C(=O)[C@H](NC(=O)c2cccc(C(F)(F)F)c2)[C@@H](c2cccc(NC(=O)/C=C/C(F)(F)F)c2)c2cnn(-c3ccccc3)c21. The number of allylic oxidation sites excluding steroid dienone is 1. The second-order valence-corrected chi connectivity index (χ2v) is 10.3. The molecule has 238 valence electrons. The van der Waals surface area contributed by atoms with Crippen molar-refractivity contribution in [1.29, 1.82) is 0 Å². The van der Waals surface area contributed by atoms with Gasteiger partial charge in [-0.3, -0.25) is 19.3 Å². The Morgan fingerprint density at radius 1 is 0.935 bits per heavy atom. The van der Waals surface area contributed by atoms with E-state index in [1.165, 1.54) is 35.4 Å². The molecule has 2 heterocycles. The number of hydrogen-bond donors (Lipinski definition) is 2. The van der Waals surface area contributed by atoms with Crippen LogP contribution in [0.1, 0.15) is 39.9 Å². The minimum absolute atomic E-state index is 0.0969. The average Bonchev–Trinajstić information content (AvgIpc) is 3.45. The minimum Gasteiger partial charge on any atom is -0.339 e. The predicted molar refractivity (Wildman–Crippen MR) is 156 cm³/mol. The van der Waals surface area contributed by atoms with E-state index in [2.05, 4.69) is 15.7 Å². The molecule has 4 aromatic rings. The highest BCUT2D eigenvalue weighted by atomic mass is 19.4. The molecule has 1 aromatic heterocycles. The van der Waals surface area contributed by atoms with Crippen molar-refractivity contribution >= 4 is 29.2 Å². The lowest BCUT2D eigenvalue weighted by Crippen LogP contribution is -2.55. The summed E-state index contributed by atoms with van der Waals surface area (Å²) in [6.45, 7) is 1.86. The number of benzene rings is 3. The van der Waals surface area contributed by atoms with Gasteiger partial charge in [-0.05, 0) is 55.0 Å². The maximum atomic E-state index is 14.1. The Labute approximate surface area is 258 Å². The summed E-state index contributed by atoms with van der Waals surface area (Å²) >= 11 is 0. The highest BCUT2D eigenvalue weighted by Crippen LogP contribution is 2.42. The number of anilines is 2. The van der Waals surface area contributed by atoms with Crippen LogP contribution in [0.4, 0.5) is 37.8 Å². The molecular formula is C32H25F6N5O3. The number of hydrogen-bond acceptors (Lipinski definition) is 4. The molecule has 0 bridgehead atoms. The van der Waals surface area contributed by atoms with Crippen molar-refractivity contribution in [1.82, 2.24) is 15.1 Å². The molecule has 8 nitrogen and oxygen atoms in total. The fourth-order valence-electron chi connectivity index (χ4n) is 5.24. The molecule has 3 aromatic carbocycles. The third-order valence-corrected chi connectivity index (χ3v) is 7.22. The van der Waals surface area contributed by atoms with Crippen LogP contribution in [0.3, 0.4) is 0 Å².